The number of fused-ring (bicyclic) bond motifs is 1. The minimum Gasteiger partial charge on any atom is -0.508 e. The van der Waals surface area contributed by atoms with Crippen LogP contribution >= 0.6 is 11.3 Å². The van der Waals surface area contributed by atoms with E-state index in [0.717, 1.165) is 47.2 Å². The van der Waals surface area contributed by atoms with Gasteiger partial charge in [-0.3, -0.25) is 4.79 Å². The molecule has 3 aromatic rings. The highest BCUT2D eigenvalue weighted by atomic mass is 32.1. The van der Waals surface area contributed by atoms with Crippen LogP contribution in [0.15, 0.2) is 42.5 Å². The van der Waals surface area contributed by atoms with Gasteiger partial charge in [-0.15, -0.1) is 11.3 Å². The van der Waals surface area contributed by atoms with E-state index in [1.54, 1.807) is 23.5 Å². The number of hydrogen-bond donors (Lipinski definition) is 1. The number of phenols is 1. The molecule has 1 aromatic heterocycles. The summed E-state index contributed by atoms with van der Waals surface area (Å²) in [5.41, 5.74) is 1.54. The van der Waals surface area contributed by atoms with E-state index in [-0.39, 0.29) is 11.5 Å². The summed E-state index contributed by atoms with van der Waals surface area (Å²) in [6.45, 7) is 4.24. The number of likely N-dealkylation sites (tertiary alicyclic amines) is 1. The topological polar surface area (TPSA) is 49.8 Å². The smallest absolute Gasteiger partial charge is 0.194 e. The van der Waals surface area contributed by atoms with E-state index in [0.29, 0.717) is 18.1 Å². The number of hydrogen-bond acceptors (Lipinski definition) is 5. The van der Waals surface area contributed by atoms with Gasteiger partial charge in [-0.1, -0.05) is 32.1 Å². The van der Waals surface area contributed by atoms with Crippen molar-refractivity contribution in [2.24, 2.45) is 0 Å². The number of carbonyl (C=O) groups is 1. The molecule has 2 fully saturated rings. The van der Waals surface area contributed by atoms with Crippen molar-refractivity contribution in [2.75, 3.05) is 26.2 Å². The second-order valence-electron chi connectivity index (χ2n) is 10.2. The van der Waals surface area contributed by atoms with Gasteiger partial charge in [0.1, 0.15) is 11.5 Å². The molecular formula is C30H37NO3S. The summed E-state index contributed by atoms with van der Waals surface area (Å²) in [5.74, 6) is 1.60. The first-order chi connectivity index (χ1) is 17.2. The van der Waals surface area contributed by atoms with Crippen molar-refractivity contribution in [3.63, 3.8) is 0 Å². The molecule has 0 atom stereocenters. The van der Waals surface area contributed by atoms with Crippen LogP contribution in [0, 0.1) is 0 Å². The summed E-state index contributed by atoms with van der Waals surface area (Å²) in [6.07, 6.45) is 12.4. The molecule has 2 aliphatic rings. The quantitative estimate of drug-likeness (QED) is 0.261. The molecule has 0 radical (unpaired) electrons. The Labute approximate surface area is 212 Å². The van der Waals surface area contributed by atoms with Crippen LogP contribution in [0.2, 0.25) is 0 Å². The van der Waals surface area contributed by atoms with Crippen LogP contribution in [-0.4, -0.2) is 42.0 Å². The third kappa shape index (κ3) is 5.90. The van der Waals surface area contributed by atoms with Crippen molar-refractivity contribution in [3.05, 3.63) is 58.5 Å². The van der Waals surface area contributed by atoms with Gasteiger partial charge in [0.25, 0.3) is 0 Å². The molecule has 0 bridgehead atoms. The molecule has 1 aliphatic carbocycles. The molecule has 5 heteroatoms. The Morgan fingerprint density at radius 3 is 2.40 bits per heavy atom. The van der Waals surface area contributed by atoms with Gasteiger partial charge in [-0.05, 0) is 93.6 Å². The van der Waals surface area contributed by atoms with E-state index in [9.17, 15) is 9.90 Å². The number of nitrogens with zero attached hydrogens (tertiary/aromatic N) is 1. The maximum absolute atomic E-state index is 13.7. The lowest BCUT2D eigenvalue weighted by Crippen LogP contribution is -2.26. The molecule has 4 nitrogen and oxygen atoms in total. The fourth-order valence-corrected chi connectivity index (χ4v) is 7.08. The van der Waals surface area contributed by atoms with E-state index >= 15 is 0 Å². The summed E-state index contributed by atoms with van der Waals surface area (Å²) in [7, 11) is 0. The standard InChI is InChI=1S/C30H37NO3S/c32-24-13-16-26-27(21-24)35-30(23-9-4-3-5-10-23)28(26)29(33)22-11-14-25(15-12-22)34-20-8-19-31-17-6-1-2-7-18-31/h11-16,21,23,32H,1-10,17-20H2. The van der Waals surface area contributed by atoms with Gasteiger partial charge in [0, 0.05) is 32.6 Å². The first-order valence-electron chi connectivity index (χ1n) is 13.4. The third-order valence-corrected chi connectivity index (χ3v) is 8.92. The van der Waals surface area contributed by atoms with Gasteiger partial charge in [0.2, 0.25) is 0 Å². The predicted octanol–water partition coefficient (Wildman–Crippen LogP) is 7.53. The van der Waals surface area contributed by atoms with Gasteiger partial charge >= 0.3 is 0 Å². The molecule has 0 spiro atoms. The van der Waals surface area contributed by atoms with Crippen molar-refractivity contribution in [3.8, 4) is 11.5 Å². The molecule has 0 unspecified atom stereocenters. The van der Waals surface area contributed by atoms with Crippen molar-refractivity contribution in [2.45, 2.75) is 70.1 Å². The zero-order valence-electron chi connectivity index (χ0n) is 20.6. The summed E-state index contributed by atoms with van der Waals surface area (Å²) in [6, 6.07) is 13.1. The number of aromatic hydroxyl groups is 1. The molecule has 2 heterocycles. The first kappa shape index (κ1) is 24.3. The highest BCUT2D eigenvalue weighted by molar-refractivity contribution is 7.19. The number of thiophene rings is 1. The van der Waals surface area contributed by atoms with Crippen molar-refractivity contribution >= 4 is 27.2 Å². The maximum Gasteiger partial charge on any atom is 0.194 e. The second kappa shape index (κ2) is 11.6. The monoisotopic (exact) mass is 491 g/mol. The summed E-state index contributed by atoms with van der Waals surface area (Å²) < 4.78 is 6.99. The van der Waals surface area contributed by atoms with Crippen LogP contribution < -0.4 is 4.74 Å². The molecular weight excluding hydrogens is 454 g/mol. The molecule has 0 amide bonds. The Morgan fingerprint density at radius 2 is 1.66 bits per heavy atom. The molecule has 186 valence electrons. The maximum atomic E-state index is 13.7. The van der Waals surface area contributed by atoms with Crippen LogP contribution in [0.5, 0.6) is 11.5 Å². The highest BCUT2D eigenvalue weighted by Crippen LogP contribution is 2.44. The lowest BCUT2D eigenvalue weighted by atomic mass is 9.85. The van der Waals surface area contributed by atoms with Crippen LogP contribution in [-0.2, 0) is 0 Å². The number of carbonyl (C=O) groups excluding carboxylic acids is 1. The lowest BCUT2D eigenvalue weighted by Gasteiger charge is -2.21. The van der Waals surface area contributed by atoms with Crippen LogP contribution in [0.4, 0.5) is 0 Å². The minimum absolute atomic E-state index is 0.0789. The van der Waals surface area contributed by atoms with Crippen molar-refractivity contribution in [1.29, 1.82) is 0 Å². The Morgan fingerprint density at radius 1 is 0.943 bits per heavy atom. The molecule has 1 saturated carbocycles. The highest BCUT2D eigenvalue weighted by Gasteiger charge is 2.27. The van der Waals surface area contributed by atoms with E-state index in [1.807, 2.05) is 30.3 Å². The minimum atomic E-state index is 0.0789. The zero-order chi connectivity index (χ0) is 24.0. The number of benzene rings is 2. The fourth-order valence-electron chi connectivity index (χ4n) is 5.68. The van der Waals surface area contributed by atoms with Gasteiger partial charge in [0.15, 0.2) is 5.78 Å². The van der Waals surface area contributed by atoms with Crippen LogP contribution in [0.25, 0.3) is 10.1 Å². The van der Waals surface area contributed by atoms with E-state index < -0.39 is 0 Å². The zero-order valence-corrected chi connectivity index (χ0v) is 21.5. The summed E-state index contributed by atoms with van der Waals surface area (Å²) in [5, 5.41) is 11.0. The first-order valence-corrected chi connectivity index (χ1v) is 14.3. The molecule has 2 aromatic carbocycles. The fraction of sp³-hybridized carbons (Fsp3) is 0.500. The largest absolute Gasteiger partial charge is 0.508 e. The Hall–Kier alpha value is -2.37. The Balaban J connectivity index is 1.27. The van der Waals surface area contributed by atoms with Gasteiger partial charge in [-0.25, -0.2) is 0 Å². The van der Waals surface area contributed by atoms with Gasteiger partial charge in [-0.2, -0.15) is 0 Å². The molecule has 1 saturated heterocycles. The average Bonchev–Trinajstić information content (AvgIpc) is 3.06. The van der Waals surface area contributed by atoms with Crippen molar-refractivity contribution in [1.82, 2.24) is 4.90 Å². The van der Waals surface area contributed by atoms with Gasteiger partial charge < -0.3 is 14.7 Å². The van der Waals surface area contributed by atoms with E-state index in [1.165, 1.54) is 62.9 Å². The third-order valence-electron chi connectivity index (χ3n) is 7.61. The molecule has 35 heavy (non-hydrogen) atoms. The molecule has 5 rings (SSSR count). The Kier molecular flexibility index (Phi) is 8.05. The normalized spacial score (nSPS) is 17.9. The molecule has 1 aliphatic heterocycles. The molecule has 1 N–H and O–H groups in total. The van der Waals surface area contributed by atoms with Gasteiger partial charge in [0.05, 0.1) is 6.61 Å². The average molecular weight is 492 g/mol. The lowest BCUT2D eigenvalue weighted by molar-refractivity contribution is 0.103. The second-order valence-corrected chi connectivity index (χ2v) is 11.3. The summed E-state index contributed by atoms with van der Waals surface area (Å²) in [4.78, 5) is 17.5. The van der Waals surface area contributed by atoms with Crippen molar-refractivity contribution < 1.29 is 14.6 Å². The van der Waals surface area contributed by atoms with E-state index in [4.69, 9.17) is 4.74 Å². The number of ether oxygens (including phenoxy) is 1. The Bertz CT molecular complexity index is 1120. The van der Waals surface area contributed by atoms with Crippen LogP contribution in [0.1, 0.15) is 90.9 Å². The number of phenolic OH excluding ortho intramolecular Hbond substituents is 1. The van der Waals surface area contributed by atoms with E-state index in [2.05, 4.69) is 4.90 Å². The number of ketones is 1. The predicted molar refractivity (Wildman–Crippen MR) is 144 cm³/mol. The summed E-state index contributed by atoms with van der Waals surface area (Å²) >= 11 is 1.69. The SMILES string of the molecule is O=C(c1ccc(OCCCN2CCCCCC2)cc1)c1c(C2CCCCC2)sc2cc(O)ccc12. The number of rotatable bonds is 8. The van der Waals surface area contributed by atoms with Crippen LogP contribution in [0.3, 0.4) is 0 Å².